The van der Waals surface area contributed by atoms with Crippen molar-refractivity contribution in [3.05, 3.63) is 33.9 Å². The molecule has 26 heavy (non-hydrogen) atoms. The van der Waals surface area contributed by atoms with E-state index in [1.54, 1.807) is 0 Å². The molecular weight excluding hydrogens is 326 g/mol. The van der Waals surface area contributed by atoms with Crippen LogP contribution in [0.1, 0.15) is 102 Å². The maximum Gasteiger partial charge on any atom is 0.269 e. The molecule has 148 valence electrons. The van der Waals surface area contributed by atoms with E-state index in [0.717, 1.165) is 12.8 Å². The molecule has 0 saturated carbocycles. The first-order valence-corrected chi connectivity index (χ1v) is 10.6. The van der Waals surface area contributed by atoms with Crippen LogP contribution in [0.5, 0.6) is 5.75 Å². The van der Waals surface area contributed by atoms with E-state index in [-0.39, 0.29) is 11.4 Å². The van der Waals surface area contributed by atoms with E-state index in [1.807, 2.05) is 0 Å². The number of nitrogens with zero attached hydrogens (tertiary/aromatic N) is 1. The van der Waals surface area contributed by atoms with Crippen LogP contribution in [0.3, 0.4) is 0 Å². The SMILES string of the molecule is CCCCCCCCCCCCCCCCc1cc([N+](=O)[O-])ccc1O. The molecule has 1 aromatic carbocycles. The van der Waals surface area contributed by atoms with Gasteiger partial charge < -0.3 is 5.11 Å². The lowest BCUT2D eigenvalue weighted by molar-refractivity contribution is -0.384. The quantitative estimate of drug-likeness (QED) is 0.190. The van der Waals surface area contributed by atoms with Crippen molar-refractivity contribution in [3.63, 3.8) is 0 Å². The number of nitro groups is 1. The third-order valence-electron chi connectivity index (χ3n) is 5.07. The Morgan fingerprint density at radius 1 is 0.808 bits per heavy atom. The van der Waals surface area contributed by atoms with Crippen LogP contribution in [-0.2, 0) is 6.42 Å². The third-order valence-corrected chi connectivity index (χ3v) is 5.07. The zero-order valence-electron chi connectivity index (χ0n) is 16.5. The van der Waals surface area contributed by atoms with E-state index in [1.165, 1.54) is 95.2 Å². The van der Waals surface area contributed by atoms with Crippen LogP contribution in [0.15, 0.2) is 18.2 Å². The molecular formula is C22H37NO3. The standard InChI is InChI=1S/C22H37NO3/c1-2-3-4-5-6-7-8-9-10-11-12-13-14-15-16-20-19-21(23(25)26)17-18-22(20)24/h17-19,24H,2-16H2,1H3. The van der Waals surface area contributed by atoms with Crippen molar-refractivity contribution in [2.45, 2.75) is 103 Å². The number of non-ortho nitro benzene ring substituents is 1. The highest BCUT2D eigenvalue weighted by molar-refractivity contribution is 5.43. The number of aryl methyl sites for hydroxylation is 1. The van der Waals surface area contributed by atoms with Gasteiger partial charge in [-0.3, -0.25) is 10.1 Å². The first-order valence-electron chi connectivity index (χ1n) is 10.6. The predicted molar refractivity (Wildman–Crippen MR) is 109 cm³/mol. The molecule has 0 heterocycles. The molecule has 0 amide bonds. The maximum atomic E-state index is 10.8. The van der Waals surface area contributed by atoms with Crippen molar-refractivity contribution in [2.24, 2.45) is 0 Å². The molecule has 4 nitrogen and oxygen atoms in total. The molecule has 0 aliphatic carbocycles. The molecule has 4 heteroatoms. The topological polar surface area (TPSA) is 63.4 Å². The molecule has 0 aromatic heterocycles. The highest BCUT2D eigenvalue weighted by Crippen LogP contribution is 2.24. The van der Waals surface area contributed by atoms with Crippen LogP contribution in [0.4, 0.5) is 5.69 Å². The van der Waals surface area contributed by atoms with Gasteiger partial charge in [0.25, 0.3) is 5.69 Å². The van der Waals surface area contributed by atoms with Crippen LogP contribution < -0.4 is 0 Å². The highest BCUT2D eigenvalue weighted by atomic mass is 16.6. The number of aromatic hydroxyl groups is 1. The van der Waals surface area contributed by atoms with Gasteiger partial charge in [0.1, 0.15) is 5.75 Å². The summed E-state index contributed by atoms with van der Waals surface area (Å²) in [6.45, 7) is 2.26. The highest BCUT2D eigenvalue weighted by Gasteiger charge is 2.09. The summed E-state index contributed by atoms with van der Waals surface area (Å²) < 4.78 is 0. The lowest BCUT2D eigenvalue weighted by Gasteiger charge is -2.05. The zero-order chi connectivity index (χ0) is 19.0. The Labute approximate surface area is 159 Å². The molecule has 0 unspecified atom stereocenters. The number of benzene rings is 1. The summed E-state index contributed by atoms with van der Waals surface area (Å²) in [5.41, 5.74) is 0.751. The lowest BCUT2D eigenvalue weighted by Crippen LogP contribution is -1.92. The molecule has 0 atom stereocenters. The number of unbranched alkanes of at least 4 members (excludes halogenated alkanes) is 13. The molecule has 0 saturated heterocycles. The van der Waals surface area contributed by atoms with E-state index < -0.39 is 4.92 Å². The van der Waals surface area contributed by atoms with E-state index in [9.17, 15) is 15.2 Å². The Morgan fingerprint density at radius 2 is 1.27 bits per heavy atom. The van der Waals surface area contributed by atoms with Crippen molar-refractivity contribution < 1.29 is 10.0 Å². The number of hydrogen-bond acceptors (Lipinski definition) is 3. The Morgan fingerprint density at radius 3 is 1.73 bits per heavy atom. The van der Waals surface area contributed by atoms with Crippen LogP contribution in [0.25, 0.3) is 0 Å². The van der Waals surface area contributed by atoms with Gasteiger partial charge >= 0.3 is 0 Å². The van der Waals surface area contributed by atoms with Gasteiger partial charge in [0.05, 0.1) is 4.92 Å². The van der Waals surface area contributed by atoms with Crippen molar-refractivity contribution in [3.8, 4) is 5.75 Å². The molecule has 0 aliphatic rings. The minimum Gasteiger partial charge on any atom is -0.508 e. The first kappa shape index (κ1) is 22.5. The number of rotatable bonds is 16. The Hall–Kier alpha value is -1.58. The van der Waals surface area contributed by atoms with E-state index >= 15 is 0 Å². The zero-order valence-corrected chi connectivity index (χ0v) is 16.5. The number of phenols is 1. The summed E-state index contributed by atoms with van der Waals surface area (Å²) >= 11 is 0. The second-order valence-electron chi connectivity index (χ2n) is 7.42. The fourth-order valence-corrected chi connectivity index (χ4v) is 3.40. The van der Waals surface area contributed by atoms with Gasteiger partial charge in [-0.25, -0.2) is 0 Å². The Balaban J connectivity index is 1.95. The first-order chi connectivity index (χ1) is 12.6. The maximum absolute atomic E-state index is 10.8. The molecule has 0 fully saturated rings. The summed E-state index contributed by atoms with van der Waals surface area (Å²) in [7, 11) is 0. The molecule has 1 N–H and O–H groups in total. The number of hydrogen-bond donors (Lipinski definition) is 1. The molecule has 0 spiro atoms. The van der Waals surface area contributed by atoms with Gasteiger partial charge in [0.2, 0.25) is 0 Å². The smallest absolute Gasteiger partial charge is 0.269 e. The Bertz CT molecular complexity index is 502. The van der Waals surface area contributed by atoms with Crippen molar-refractivity contribution >= 4 is 5.69 Å². The molecule has 1 rings (SSSR count). The normalized spacial score (nSPS) is 11.0. The minimum atomic E-state index is -0.409. The van der Waals surface area contributed by atoms with Gasteiger partial charge in [0, 0.05) is 17.7 Å². The lowest BCUT2D eigenvalue weighted by atomic mass is 10.0. The van der Waals surface area contributed by atoms with Crippen molar-refractivity contribution in [2.75, 3.05) is 0 Å². The van der Waals surface area contributed by atoms with E-state index in [0.29, 0.717) is 12.0 Å². The molecule has 0 aliphatic heterocycles. The summed E-state index contributed by atoms with van der Waals surface area (Å²) in [6.07, 6.45) is 19.1. The van der Waals surface area contributed by atoms with E-state index in [4.69, 9.17) is 0 Å². The van der Waals surface area contributed by atoms with Crippen molar-refractivity contribution in [1.29, 1.82) is 0 Å². The second-order valence-corrected chi connectivity index (χ2v) is 7.42. The average molecular weight is 364 g/mol. The summed E-state index contributed by atoms with van der Waals surface area (Å²) in [5.74, 6) is 0.172. The number of nitro benzene ring substituents is 1. The van der Waals surface area contributed by atoms with Gasteiger partial charge in [-0.15, -0.1) is 0 Å². The summed E-state index contributed by atoms with van der Waals surface area (Å²) in [4.78, 5) is 10.4. The summed E-state index contributed by atoms with van der Waals surface area (Å²) in [6, 6.07) is 4.28. The minimum absolute atomic E-state index is 0.0585. The fraction of sp³-hybridized carbons (Fsp3) is 0.727. The third kappa shape index (κ3) is 10.4. The van der Waals surface area contributed by atoms with Crippen LogP contribution in [0.2, 0.25) is 0 Å². The van der Waals surface area contributed by atoms with Crippen LogP contribution in [0, 0.1) is 10.1 Å². The average Bonchev–Trinajstić information content (AvgIpc) is 2.63. The van der Waals surface area contributed by atoms with Gasteiger partial charge in [-0.05, 0) is 18.9 Å². The molecule has 0 radical (unpaired) electrons. The summed E-state index contributed by atoms with van der Waals surface area (Å²) in [5, 5.41) is 20.6. The predicted octanol–water partition coefficient (Wildman–Crippen LogP) is 7.32. The van der Waals surface area contributed by atoms with Crippen LogP contribution >= 0.6 is 0 Å². The number of phenolic OH excluding ortho intramolecular Hbond substituents is 1. The van der Waals surface area contributed by atoms with E-state index in [2.05, 4.69) is 6.92 Å². The molecule has 0 bridgehead atoms. The molecule has 1 aromatic rings. The largest absolute Gasteiger partial charge is 0.508 e. The second kappa shape index (κ2) is 14.6. The van der Waals surface area contributed by atoms with Gasteiger partial charge in [-0.1, -0.05) is 90.4 Å². The fourth-order valence-electron chi connectivity index (χ4n) is 3.40. The Kier molecular flexibility index (Phi) is 12.6. The van der Waals surface area contributed by atoms with Gasteiger partial charge in [-0.2, -0.15) is 0 Å². The monoisotopic (exact) mass is 363 g/mol. The van der Waals surface area contributed by atoms with Crippen LogP contribution in [-0.4, -0.2) is 10.0 Å². The van der Waals surface area contributed by atoms with Gasteiger partial charge in [0.15, 0.2) is 0 Å². The van der Waals surface area contributed by atoms with Crippen molar-refractivity contribution in [1.82, 2.24) is 0 Å².